The van der Waals surface area contributed by atoms with Crippen molar-refractivity contribution in [1.82, 2.24) is 36.0 Å². The Hall–Kier alpha value is -6.16. The number of aliphatic hydroxyl groups is 1. The first-order valence-electron chi connectivity index (χ1n) is 26.4. The van der Waals surface area contributed by atoms with E-state index >= 15 is 0 Å². The van der Waals surface area contributed by atoms with Crippen LogP contribution in [0.15, 0.2) is 54.6 Å². The number of anilines is 1. The molecular formula is C55H86N8O13. The van der Waals surface area contributed by atoms with E-state index < -0.39 is 96.6 Å². The van der Waals surface area contributed by atoms with Gasteiger partial charge in [0.05, 0.1) is 61.9 Å². The fraction of sp³-hybridized carbons (Fsp3) is 0.636. The van der Waals surface area contributed by atoms with Crippen LogP contribution < -0.4 is 26.6 Å². The molecule has 1 aliphatic heterocycles. The van der Waals surface area contributed by atoms with Crippen LogP contribution in [0.1, 0.15) is 105 Å². The Kier molecular flexibility index (Phi) is 26.8. The Morgan fingerprint density at radius 2 is 1.41 bits per heavy atom. The van der Waals surface area contributed by atoms with Crippen molar-refractivity contribution < 1.29 is 62.4 Å². The molecule has 0 saturated carbocycles. The molecule has 21 nitrogen and oxygen atoms in total. The summed E-state index contributed by atoms with van der Waals surface area (Å²) in [5, 5.41) is 24.4. The summed E-state index contributed by atoms with van der Waals surface area (Å²) in [6.45, 7) is 16.0. The van der Waals surface area contributed by atoms with Gasteiger partial charge in [0.2, 0.25) is 41.4 Å². The highest BCUT2D eigenvalue weighted by molar-refractivity contribution is 5.96. The molecule has 4 unspecified atom stereocenters. The zero-order valence-electron chi connectivity index (χ0n) is 46.9. The molecule has 21 heteroatoms. The second kappa shape index (κ2) is 31.8. The largest absolute Gasteiger partial charge is 0.445 e. The number of nitrogens with one attached hydrogen (secondary N) is 5. The molecule has 0 aromatic heterocycles. The molecule has 0 spiro atoms. The standard InChI is InChI=1S/C55H86N8O13/c1-14-35(7)49(42(73-12)28-45(66)63-27-19-22-41(63)51(74-13)36(8)52(69)58-37(9)50(68)39-20-17-16-18-21-39)61(10)46(67)30-57-54(71)48(34(5)6)62(11)55(72)76-31-38-23-25-40(26-24-38)59-43(64)29-56-53(70)47(33(3)4)60-44(65)32-75-15-2/h16-18,20-21,23-26,33-37,41-42,47-51,68H,14-15,19,22,27-32H2,1-13H3,(H,56,70)(H,57,71)(H,58,69)(H,59,64)(H,60,65)/t35?,36-,37-,41+,42-,47?,48?,49?,50-,51-/m1/s1. The third kappa shape index (κ3) is 18.8. The molecule has 0 aliphatic carbocycles. The van der Waals surface area contributed by atoms with Crippen LogP contribution in [0.4, 0.5) is 10.5 Å². The van der Waals surface area contributed by atoms with Crippen LogP contribution in [0, 0.1) is 23.7 Å². The number of hydrogen-bond acceptors (Lipinski definition) is 13. The maximum absolute atomic E-state index is 14.2. The quantitative estimate of drug-likeness (QED) is 0.0652. The minimum atomic E-state index is -1.01. The number of rotatable bonds is 30. The van der Waals surface area contributed by atoms with Crippen molar-refractivity contribution in [2.75, 3.05) is 66.5 Å². The van der Waals surface area contributed by atoms with E-state index in [-0.39, 0.29) is 55.7 Å². The minimum absolute atomic E-state index is 0.0629. The van der Waals surface area contributed by atoms with Crippen molar-refractivity contribution >= 4 is 53.1 Å². The molecule has 3 rings (SSSR count). The van der Waals surface area contributed by atoms with Gasteiger partial charge in [-0.2, -0.15) is 0 Å². The van der Waals surface area contributed by atoms with Gasteiger partial charge in [0.1, 0.15) is 25.3 Å². The van der Waals surface area contributed by atoms with E-state index in [1.165, 1.54) is 31.1 Å². The van der Waals surface area contributed by atoms with Gasteiger partial charge >= 0.3 is 6.09 Å². The lowest BCUT2D eigenvalue weighted by Crippen LogP contribution is -2.56. The number of carbonyl (C=O) groups is 8. The van der Waals surface area contributed by atoms with Gasteiger partial charge in [-0.1, -0.05) is 97.4 Å². The normalized spacial score (nSPS) is 16.9. The van der Waals surface area contributed by atoms with E-state index in [9.17, 15) is 43.5 Å². The van der Waals surface area contributed by atoms with Crippen LogP contribution in [0.3, 0.4) is 0 Å². The Morgan fingerprint density at radius 3 is 1.99 bits per heavy atom. The summed E-state index contributed by atoms with van der Waals surface area (Å²) in [5.74, 6) is -4.41. The van der Waals surface area contributed by atoms with E-state index in [1.54, 1.807) is 96.8 Å². The molecule has 0 bridgehead atoms. The summed E-state index contributed by atoms with van der Waals surface area (Å²) >= 11 is 0. The van der Waals surface area contributed by atoms with Crippen LogP contribution in [-0.2, 0) is 59.1 Å². The second-order valence-corrected chi connectivity index (χ2v) is 20.3. The fourth-order valence-electron chi connectivity index (χ4n) is 9.49. The van der Waals surface area contributed by atoms with Gasteiger partial charge < -0.3 is 60.4 Å². The highest BCUT2D eigenvalue weighted by Gasteiger charge is 2.42. The van der Waals surface area contributed by atoms with E-state index in [0.717, 1.165) is 0 Å². The van der Waals surface area contributed by atoms with Crippen molar-refractivity contribution in [2.45, 2.75) is 143 Å². The van der Waals surface area contributed by atoms with Gasteiger partial charge in [-0.05, 0) is 67.7 Å². The smallest absolute Gasteiger partial charge is 0.410 e. The lowest BCUT2D eigenvalue weighted by Gasteiger charge is -2.39. The average molecular weight is 1070 g/mol. The molecule has 424 valence electrons. The first kappa shape index (κ1) is 64.1. The molecule has 6 N–H and O–H groups in total. The molecule has 8 amide bonds. The predicted octanol–water partition coefficient (Wildman–Crippen LogP) is 3.79. The predicted molar refractivity (Wildman–Crippen MR) is 286 cm³/mol. The van der Waals surface area contributed by atoms with E-state index in [2.05, 4.69) is 26.6 Å². The Bertz CT molecular complexity index is 2200. The number of aliphatic hydroxyl groups excluding tert-OH is 1. The molecule has 10 atom stereocenters. The van der Waals surface area contributed by atoms with Crippen LogP contribution in [0.2, 0.25) is 0 Å². The summed E-state index contributed by atoms with van der Waals surface area (Å²) in [5.41, 5.74) is 1.68. The Balaban J connectivity index is 1.57. The van der Waals surface area contributed by atoms with Gasteiger partial charge in [0, 0.05) is 47.2 Å². The number of amides is 8. The SMILES string of the molecule is CCOCC(=O)NC(C(=O)NCC(=O)Nc1ccc(COC(=O)N(C)C(C(=O)NCC(=O)N(C)C(C(C)CC)[C@@H](CC(=O)N2CCC[C@H]2[C@H](OC)[C@@H](C)C(=O)N[C@H](C)[C@@H](O)c2ccccc2)OC)C(C)C)cc1)C(C)C. The molecule has 1 heterocycles. The number of nitrogens with zero attached hydrogens (tertiary/aromatic N) is 3. The number of methoxy groups -OCH3 is 2. The van der Waals surface area contributed by atoms with Crippen molar-refractivity contribution in [3.8, 4) is 0 Å². The highest BCUT2D eigenvalue weighted by Crippen LogP contribution is 2.30. The number of ether oxygens (including phenoxy) is 4. The number of likely N-dealkylation sites (tertiary alicyclic amines) is 1. The number of hydrogen-bond donors (Lipinski definition) is 6. The molecular weight excluding hydrogens is 981 g/mol. The molecule has 2 aromatic carbocycles. The minimum Gasteiger partial charge on any atom is -0.445 e. The summed E-state index contributed by atoms with van der Waals surface area (Å²) in [7, 11) is 6.06. The fourth-order valence-corrected chi connectivity index (χ4v) is 9.49. The maximum Gasteiger partial charge on any atom is 0.410 e. The monoisotopic (exact) mass is 1070 g/mol. The average Bonchev–Trinajstić information content (AvgIpc) is 3.89. The van der Waals surface area contributed by atoms with Crippen molar-refractivity contribution in [3.05, 3.63) is 65.7 Å². The number of carbonyl (C=O) groups excluding carboxylic acids is 8. The van der Waals surface area contributed by atoms with Crippen LogP contribution in [0.5, 0.6) is 0 Å². The molecule has 76 heavy (non-hydrogen) atoms. The Labute approximate surface area is 449 Å². The molecule has 1 saturated heterocycles. The first-order valence-corrected chi connectivity index (χ1v) is 26.4. The van der Waals surface area contributed by atoms with Crippen LogP contribution in [-0.4, -0.2) is 171 Å². The van der Waals surface area contributed by atoms with Crippen molar-refractivity contribution in [3.63, 3.8) is 0 Å². The number of benzene rings is 2. The summed E-state index contributed by atoms with van der Waals surface area (Å²) in [6, 6.07) is 12.1. The van der Waals surface area contributed by atoms with Gasteiger partial charge in [0.25, 0.3) is 0 Å². The van der Waals surface area contributed by atoms with E-state index in [0.29, 0.717) is 49.2 Å². The molecule has 1 aliphatic rings. The zero-order valence-corrected chi connectivity index (χ0v) is 46.9. The zero-order chi connectivity index (χ0) is 56.8. The van der Waals surface area contributed by atoms with Gasteiger partial charge in [-0.25, -0.2) is 4.79 Å². The third-order valence-corrected chi connectivity index (χ3v) is 14.0. The molecule has 1 fully saturated rings. The van der Waals surface area contributed by atoms with Gasteiger partial charge in [-0.3, -0.25) is 38.5 Å². The first-order chi connectivity index (χ1) is 36.0. The van der Waals surface area contributed by atoms with Crippen LogP contribution in [0.25, 0.3) is 0 Å². The second-order valence-electron chi connectivity index (χ2n) is 20.3. The third-order valence-electron chi connectivity index (χ3n) is 14.0. The number of likely N-dealkylation sites (N-methyl/N-ethyl adjacent to an activating group) is 2. The molecule has 0 radical (unpaired) electrons. The van der Waals surface area contributed by atoms with Crippen LogP contribution >= 0.6 is 0 Å². The summed E-state index contributed by atoms with van der Waals surface area (Å²) < 4.78 is 22.5. The van der Waals surface area contributed by atoms with Gasteiger partial charge in [0.15, 0.2) is 0 Å². The van der Waals surface area contributed by atoms with Crippen molar-refractivity contribution in [2.24, 2.45) is 23.7 Å². The lowest BCUT2D eigenvalue weighted by atomic mass is 9.90. The van der Waals surface area contributed by atoms with E-state index in [4.69, 9.17) is 18.9 Å². The Morgan fingerprint density at radius 1 is 0.763 bits per heavy atom. The lowest BCUT2D eigenvalue weighted by molar-refractivity contribution is -0.146. The molecule has 2 aromatic rings. The maximum atomic E-state index is 14.2. The van der Waals surface area contributed by atoms with Crippen molar-refractivity contribution in [1.29, 1.82) is 0 Å². The topological polar surface area (TPSA) is 264 Å². The highest BCUT2D eigenvalue weighted by atomic mass is 16.6. The van der Waals surface area contributed by atoms with E-state index in [1.807, 2.05) is 32.0 Å². The van der Waals surface area contributed by atoms with Gasteiger partial charge in [-0.15, -0.1) is 0 Å². The summed E-state index contributed by atoms with van der Waals surface area (Å²) in [6.07, 6.45) is -1.18. The summed E-state index contributed by atoms with van der Waals surface area (Å²) in [4.78, 5) is 111.